The normalized spacial score (nSPS) is 12.7. The first kappa shape index (κ1) is 31.1. The molecule has 218 valence electrons. The summed E-state index contributed by atoms with van der Waals surface area (Å²) in [6, 6.07) is 11.6. The predicted octanol–water partition coefficient (Wildman–Crippen LogP) is 4.30. The topological polar surface area (TPSA) is 171 Å². The van der Waals surface area contributed by atoms with E-state index in [-0.39, 0.29) is 52.6 Å². The number of alkyl halides is 3. The molecule has 0 aliphatic carbocycles. The maximum absolute atomic E-state index is 13.5. The van der Waals surface area contributed by atoms with Crippen molar-refractivity contribution in [1.82, 2.24) is 5.32 Å². The van der Waals surface area contributed by atoms with Crippen LogP contribution in [0.3, 0.4) is 0 Å². The molecule has 0 aromatic heterocycles. The number of carbonyl (C=O) groups excluding carboxylic acids is 1. The number of benzene rings is 3. The van der Waals surface area contributed by atoms with Gasteiger partial charge in [-0.05, 0) is 54.4 Å². The van der Waals surface area contributed by atoms with Crippen LogP contribution in [0.4, 0.5) is 35.9 Å². The van der Waals surface area contributed by atoms with E-state index in [1.54, 1.807) is 6.07 Å². The molecule has 0 saturated carbocycles. The summed E-state index contributed by atoms with van der Waals surface area (Å²) >= 11 is 0. The number of halogens is 3. The van der Waals surface area contributed by atoms with Gasteiger partial charge in [0.25, 0.3) is 0 Å². The summed E-state index contributed by atoms with van der Waals surface area (Å²) in [5, 5.41) is 27.4. The fourth-order valence-electron chi connectivity index (χ4n) is 3.73. The number of aromatic carboxylic acids is 2. The third kappa shape index (κ3) is 8.53. The maximum Gasteiger partial charge on any atom is 0.416 e. The van der Waals surface area contributed by atoms with E-state index in [2.05, 4.69) is 16.0 Å². The van der Waals surface area contributed by atoms with Gasteiger partial charge >= 0.3 is 18.1 Å². The molecule has 0 aliphatic heterocycles. The summed E-state index contributed by atoms with van der Waals surface area (Å²) in [5.74, 6) is -2.92. The summed E-state index contributed by atoms with van der Waals surface area (Å²) in [6.07, 6.45) is -3.03. The van der Waals surface area contributed by atoms with E-state index in [0.717, 1.165) is 18.2 Å². The van der Waals surface area contributed by atoms with Crippen LogP contribution in [0, 0.1) is 0 Å². The molecule has 2 atom stereocenters. The number of carbonyl (C=O) groups is 3. The number of hydrogen-bond acceptors (Lipinski definition) is 7. The molecule has 7 N–H and O–H groups in total. The summed E-state index contributed by atoms with van der Waals surface area (Å²) in [7, 11) is -1.12. The summed E-state index contributed by atoms with van der Waals surface area (Å²) in [6.45, 7) is -0.0787. The molecule has 0 bridgehead atoms. The molecule has 3 aromatic rings. The summed E-state index contributed by atoms with van der Waals surface area (Å²) < 4.78 is 51.8. The van der Waals surface area contributed by atoms with Crippen LogP contribution in [0.2, 0.25) is 0 Å². The minimum Gasteiger partial charge on any atom is -0.478 e. The van der Waals surface area contributed by atoms with Crippen molar-refractivity contribution >= 4 is 51.4 Å². The number of hydrogen-bond donors (Lipinski definition) is 6. The van der Waals surface area contributed by atoms with Gasteiger partial charge in [0.1, 0.15) is 0 Å². The van der Waals surface area contributed by atoms with E-state index in [1.807, 2.05) is 0 Å². The van der Waals surface area contributed by atoms with Gasteiger partial charge in [0, 0.05) is 29.4 Å². The first-order valence-corrected chi connectivity index (χ1v) is 13.8. The Balaban J connectivity index is 1.91. The van der Waals surface area contributed by atoms with Crippen molar-refractivity contribution in [3.63, 3.8) is 0 Å². The Hall–Kier alpha value is -4.43. The quantitative estimate of drug-likeness (QED) is 0.179. The van der Waals surface area contributed by atoms with Gasteiger partial charge in [-0.3, -0.25) is 9.00 Å². The van der Waals surface area contributed by atoms with Gasteiger partial charge in [-0.1, -0.05) is 18.2 Å². The zero-order valence-corrected chi connectivity index (χ0v) is 22.4. The lowest BCUT2D eigenvalue weighted by molar-refractivity contribution is -0.137. The van der Waals surface area contributed by atoms with Crippen molar-refractivity contribution in [1.29, 1.82) is 0 Å². The molecule has 0 fully saturated rings. The Morgan fingerprint density at radius 1 is 0.878 bits per heavy atom. The Morgan fingerprint density at radius 3 is 2.12 bits per heavy atom. The van der Waals surface area contributed by atoms with Gasteiger partial charge in [0.2, 0.25) is 5.91 Å². The van der Waals surface area contributed by atoms with Crippen LogP contribution in [0.1, 0.15) is 38.3 Å². The summed E-state index contributed by atoms with van der Waals surface area (Å²) in [4.78, 5) is 35.9. The van der Waals surface area contributed by atoms with Crippen LogP contribution in [0.5, 0.6) is 0 Å². The number of nitrogens with one attached hydrogen (secondary N) is 3. The van der Waals surface area contributed by atoms with Crippen molar-refractivity contribution in [2.45, 2.75) is 25.2 Å². The van der Waals surface area contributed by atoms with Gasteiger partial charge in [0.15, 0.2) is 0 Å². The lowest BCUT2D eigenvalue weighted by Crippen LogP contribution is -2.41. The molecule has 0 spiro atoms. The largest absolute Gasteiger partial charge is 0.478 e. The van der Waals surface area contributed by atoms with E-state index in [4.69, 9.17) is 5.73 Å². The second-order valence-electron chi connectivity index (χ2n) is 8.93. The van der Waals surface area contributed by atoms with Crippen LogP contribution in [-0.2, 0) is 28.3 Å². The Kier molecular flexibility index (Phi) is 10.1. The van der Waals surface area contributed by atoms with E-state index in [0.29, 0.717) is 5.56 Å². The molecule has 14 heteroatoms. The van der Waals surface area contributed by atoms with Gasteiger partial charge in [0.05, 0.1) is 45.5 Å². The smallest absolute Gasteiger partial charge is 0.416 e. The number of nitrogens with two attached hydrogens (primary N) is 1. The Morgan fingerprint density at radius 2 is 1.49 bits per heavy atom. The second-order valence-corrected chi connectivity index (χ2v) is 10.5. The first-order valence-electron chi connectivity index (χ1n) is 12.0. The molecule has 3 aromatic carbocycles. The third-order valence-electron chi connectivity index (χ3n) is 5.88. The molecule has 0 radical (unpaired) electrons. The first-order chi connectivity index (χ1) is 19.3. The second kappa shape index (κ2) is 13.3. The number of carboxylic acids is 2. The fourth-order valence-corrected chi connectivity index (χ4v) is 4.32. The van der Waals surface area contributed by atoms with Crippen LogP contribution in [-0.4, -0.2) is 50.3 Å². The molecule has 0 saturated heterocycles. The average Bonchev–Trinajstić information content (AvgIpc) is 2.91. The van der Waals surface area contributed by atoms with Crippen LogP contribution in [0.25, 0.3) is 0 Å². The zero-order chi connectivity index (χ0) is 30.3. The third-order valence-corrected chi connectivity index (χ3v) is 6.69. The zero-order valence-electron chi connectivity index (χ0n) is 21.6. The van der Waals surface area contributed by atoms with Crippen molar-refractivity contribution in [3.05, 3.63) is 82.9 Å². The molecular weight excluding hydrogens is 565 g/mol. The van der Waals surface area contributed by atoms with E-state index in [1.165, 1.54) is 42.7 Å². The molecule has 0 unspecified atom stereocenters. The van der Waals surface area contributed by atoms with Crippen molar-refractivity contribution in [3.8, 4) is 0 Å². The number of para-hydroxylation sites is 1. The van der Waals surface area contributed by atoms with Crippen molar-refractivity contribution in [2.75, 3.05) is 22.6 Å². The van der Waals surface area contributed by atoms with Gasteiger partial charge in [-0.2, -0.15) is 13.2 Å². The van der Waals surface area contributed by atoms with Gasteiger partial charge < -0.3 is 31.9 Å². The predicted molar refractivity (Wildman–Crippen MR) is 148 cm³/mol. The molecule has 0 heterocycles. The van der Waals surface area contributed by atoms with Crippen LogP contribution in [0.15, 0.2) is 60.7 Å². The lowest BCUT2D eigenvalue weighted by Gasteiger charge is -2.19. The van der Waals surface area contributed by atoms with Gasteiger partial charge in [-0.25, -0.2) is 9.59 Å². The highest BCUT2D eigenvalue weighted by molar-refractivity contribution is 7.84. The van der Waals surface area contributed by atoms with E-state index in [9.17, 15) is 42.0 Å². The molecule has 1 amide bonds. The molecule has 0 aliphatic rings. The van der Waals surface area contributed by atoms with Crippen molar-refractivity contribution < 1.29 is 42.0 Å². The highest BCUT2D eigenvalue weighted by atomic mass is 32.2. The number of anilines is 4. The van der Waals surface area contributed by atoms with Crippen molar-refractivity contribution in [2.24, 2.45) is 5.73 Å². The SMILES string of the molecule is C[S@](=O)CC[C@H](N)C(=O)NCc1ccc(Nc2cc(C(F)(F)F)ccc2Nc2ccccc2C(=O)O)c(C(=O)O)c1. The fraction of sp³-hybridized carbons (Fsp3) is 0.222. The van der Waals surface area contributed by atoms with E-state index < -0.39 is 46.4 Å². The molecule has 10 nitrogen and oxygen atoms in total. The monoisotopic (exact) mass is 592 g/mol. The van der Waals surface area contributed by atoms with E-state index >= 15 is 0 Å². The van der Waals surface area contributed by atoms with Gasteiger partial charge in [-0.15, -0.1) is 0 Å². The number of carboxylic acid groups (broad SMARTS) is 2. The minimum atomic E-state index is -4.71. The molecular formula is C27H27F3N4O6S. The molecule has 41 heavy (non-hydrogen) atoms. The molecule has 3 rings (SSSR count). The van der Waals surface area contributed by atoms with Crippen LogP contribution >= 0.6 is 0 Å². The Bertz CT molecular complexity index is 1480. The highest BCUT2D eigenvalue weighted by Crippen LogP contribution is 2.37. The maximum atomic E-state index is 13.5. The highest BCUT2D eigenvalue weighted by Gasteiger charge is 2.31. The lowest BCUT2D eigenvalue weighted by atomic mass is 10.1. The minimum absolute atomic E-state index is 0.0522. The van der Waals surface area contributed by atoms with Crippen LogP contribution < -0.4 is 21.7 Å². The number of rotatable bonds is 12. The standard InChI is InChI=1S/C27H27F3N4O6S/c1-41(40)11-10-19(31)24(35)32-14-15-6-8-21(18(12-15)26(38)39)34-23-13-16(27(28,29)30)7-9-22(23)33-20-5-3-2-4-17(20)25(36)37/h2-9,12-13,19,33-34H,10-11,14,31H2,1H3,(H,32,35)(H,36,37)(H,38,39)/t19-,41-/m0/s1. The summed E-state index contributed by atoms with van der Waals surface area (Å²) in [5.41, 5.74) is 4.68. The average molecular weight is 593 g/mol. The number of amides is 1. The Labute approximate surface area is 235 Å².